The molecular formula is C40H46N7O7S2+. The highest BCUT2D eigenvalue weighted by molar-refractivity contribution is 7.86. The van der Waals surface area contributed by atoms with E-state index in [1.165, 1.54) is 24.3 Å². The van der Waals surface area contributed by atoms with Crippen LogP contribution in [0.3, 0.4) is 0 Å². The topological polar surface area (TPSA) is 196 Å². The number of amides is 1. The quantitative estimate of drug-likeness (QED) is 0.0830. The minimum atomic E-state index is -4.43. The molecule has 0 spiro atoms. The molecule has 0 bridgehead atoms. The Bertz CT molecular complexity index is 2490. The number of anilines is 1. The van der Waals surface area contributed by atoms with E-state index in [9.17, 15) is 30.7 Å². The number of nitrogens with one attached hydrogen (secondary N) is 1. The van der Waals surface area contributed by atoms with E-state index in [0.29, 0.717) is 43.3 Å². The highest BCUT2D eigenvalue weighted by Gasteiger charge is 2.45. The van der Waals surface area contributed by atoms with Crippen LogP contribution in [0.2, 0.25) is 0 Å². The van der Waals surface area contributed by atoms with Crippen LogP contribution in [0.5, 0.6) is 0 Å². The summed E-state index contributed by atoms with van der Waals surface area (Å²) in [5, 5.41) is 19.0. The molecule has 0 unspecified atom stereocenters. The van der Waals surface area contributed by atoms with Crippen molar-refractivity contribution < 1.29 is 35.3 Å². The van der Waals surface area contributed by atoms with Crippen molar-refractivity contribution in [2.75, 3.05) is 18.5 Å². The van der Waals surface area contributed by atoms with Crippen molar-refractivity contribution in [1.29, 1.82) is 0 Å². The fraction of sp³-hybridized carbons (Fsp3) is 0.350. The first-order valence-electron chi connectivity index (χ1n) is 18.2. The standard InChI is InChI=1S/C40H45N7O7S2/c1-26-42-44-38(45-43-26)28-16-14-27(15-17-28)25-41-37(48)13-8-7-9-22-47-33-21-19-29(55(49,50)51)23-32(33)40(4,5)36(47)12-10-11-35-39(2,3)31-20-18-30(56(52,53)54)24-34(31)46(35)6/h10-12,14-21,23-24H,7-9,13,22,25H2,1-6H3,(H2-,41,48,49,50,51,52,53,54)/p+1. The van der Waals surface area contributed by atoms with Gasteiger partial charge in [0, 0.05) is 66.5 Å². The molecule has 3 aromatic carbocycles. The lowest BCUT2D eigenvalue weighted by Gasteiger charge is -2.23. The van der Waals surface area contributed by atoms with Crippen LogP contribution in [0.15, 0.2) is 94.4 Å². The summed E-state index contributed by atoms with van der Waals surface area (Å²) in [6, 6.07) is 16.8. The average molecular weight is 801 g/mol. The lowest BCUT2D eigenvalue weighted by atomic mass is 9.81. The summed E-state index contributed by atoms with van der Waals surface area (Å²) in [5.74, 6) is 0.879. The number of aromatic nitrogens is 4. The fourth-order valence-corrected chi connectivity index (χ4v) is 8.47. The van der Waals surface area contributed by atoms with Gasteiger partial charge in [-0.2, -0.15) is 21.4 Å². The number of allylic oxidation sites excluding steroid dienone is 4. The van der Waals surface area contributed by atoms with Crippen LogP contribution in [0.25, 0.3) is 11.4 Å². The maximum atomic E-state index is 12.7. The Labute approximate surface area is 327 Å². The minimum Gasteiger partial charge on any atom is -0.352 e. The molecule has 3 N–H and O–H groups in total. The predicted molar refractivity (Wildman–Crippen MR) is 212 cm³/mol. The van der Waals surface area contributed by atoms with E-state index in [1.807, 2.05) is 82.1 Å². The lowest BCUT2D eigenvalue weighted by Crippen LogP contribution is -2.28. The molecule has 0 atom stereocenters. The summed E-state index contributed by atoms with van der Waals surface area (Å²) in [6.07, 6.45) is 8.49. The van der Waals surface area contributed by atoms with Crippen LogP contribution >= 0.6 is 0 Å². The number of likely N-dealkylation sites (N-methyl/N-ethyl adjacent to an activating group) is 1. The third kappa shape index (κ3) is 8.33. The number of hydrogen-bond donors (Lipinski definition) is 3. The van der Waals surface area contributed by atoms with Gasteiger partial charge in [-0.1, -0.05) is 50.3 Å². The second kappa shape index (κ2) is 15.4. The number of fused-ring (bicyclic) bond motifs is 2. The van der Waals surface area contributed by atoms with E-state index in [4.69, 9.17) is 0 Å². The summed E-state index contributed by atoms with van der Waals surface area (Å²) in [4.78, 5) is 14.3. The predicted octanol–water partition coefficient (Wildman–Crippen LogP) is 5.86. The molecule has 14 nitrogen and oxygen atoms in total. The van der Waals surface area contributed by atoms with Gasteiger partial charge in [-0.3, -0.25) is 13.9 Å². The number of carbonyl (C=O) groups is 1. The van der Waals surface area contributed by atoms with Crippen LogP contribution in [0.4, 0.5) is 11.4 Å². The van der Waals surface area contributed by atoms with Crippen molar-refractivity contribution >= 4 is 43.2 Å². The summed E-state index contributed by atoms with van der Waals surface area (Å²) < 4.78 is 69.6. The molecule has 0 aliphatic carbocycles. The van der Waals surface area contributed by atoms with Gasteiger partial charge in [-0.15, -0.1) is 20.4 Å². The van der Waals surface area contributed by atoms with Crippen LogP contribution in [0, 0.1) is 6.92 Å². The first-order chi connectivity index (χ1) is 26.3. The number of hydrogen-bond acceptors (Lipinski definition) is 10. The van der Waals surface area contributed by atoms with Gasteiger partial charge < -0.3 is 10.2 Å². The Morgan fingerprint density at radius 1 is 0.821 bits per heavy atom. The van der Waals surface area contributed by atoms with E-state index in [0.717, 1.165) is 52.2 Å². The molecule has 0 saturated heterocycles. The number of unbranched alkanes of at least 4 members (excludes halogenated alkanes) is 2. The maximum Gasteiger partial charge on any atom is 0.294 e. The van der Waals surface area contributed by atoms with Gasteiger partial charge in [-0.05, 0) is 75.1 Å². The lowest BCUT2D eigenvalue weighted by molar-refractivity contribution is -0.438. The number of carbonyl (C=O) groups excluding carboxylic acids is 1. The van der Waals surface area contributed by atoms with Crippen LogP contribution in [-0.2, 0) is 42.4 Å². The molecule has 0 radical (unpaired) electrons. The Hall–Kier alpha value is -5.16. The van der Waals surface area contributed by atoms with Crippen LogP contribution < -0.4 is 10.2 Å². The van der Waals surface area contributed by atoms with Gasteiger partial charge in [0.2, 0.25) is 17.4 Å². The molecule has 2 aliphatic rings. The third-order valence-electron chi connectivity index (χ3n) is 10.5. The Morgan fingerprint density at radius 2 is 1.46 bits per heavy atom. The van der Waals surface area contributed by atoms with Crippen molar-refractivity contribution in [1.82, 2.24) is 25.7 Å². The molecule has 4 aromatic rings. The summed E-state index contributed by atoms with van der Waals surface area (Å²) >= 11 is 0. The third-order valence-corrected chi connectivity index (χ3v) is 12.2. The average Bonchev–Trinajstić information content (AvgIpc) is 3.47. The summed E-state index contributed by atoms with van der Waals surface area (Å²) in [5.41, 5.74) is 5.64. The zero-order valence-electron chi connectivity index (χ0n) is 32.2. The van der Waals surface area contributed by atoms with Crippen LogP contribution in [0.1, 0.15) is 75.9 Å². The highest BCUT2D eigenvalue weighted by Crippen LogP contribution is 2.48. The number of nitrogens with zero attached hydrogens (tertiary/aromatic N) is 6. The first kappa shape index (κ1) is 40.5. The van der Waals surface area contributed by atoms with Crippen molar-refractivity contribution in [3.05, 3.63) is 107 Å². The van der Waals surface area contributed by atoms with E-state index < -0.39 is 31.1 Å². The zero-order valence-corrected chi connectivity index (χ0v) is 33.8. The van der Waals surface area contributed by atoms with Crippen LogP contribution in [-0.4, -0.2) is 76.1 Å². The van der Waals surface area contributed by atoms with Gasteiger partial charge >= 0.3 is 0 Å². The van der Waals surface area contributed by atoms with Gasteiger partial charge in [0.15, 0.2) is 11.5 Å². The van der Waals surface area contributed by atoms with Crippen molar-refractivity contribution in [3.8, 4) is 11.4 Å². The first-order valence-corrected chi connectivity index (χ1v) is 21.1. The molecule has 6 rings (SSSR count). The fourth-order valence-electron chi connectivity index (χ4n) is 7.46. The normalized spacial score (nSPS) is 16.8. The highest BCUT2D eigenvalue weighted by atomic mass is 32.2. The zero-order chi connectivity index (χ0) is 40.6. The number of benzene rings is 3. The minimum absolute atomic E-state index is 0.0471. The molecule has 0 fully saturated rings. The van der Waals surface area contributed by atoms with E-state index in [1.54, 1.807) is 19.1 Å². The van der Waals surface area contributed by atoms with Crippen molar-refractivity contribution in [3.63, 3.8) is 0 Å². The maximum absolute atomic E-state index is 12.7. The summed E-state index contributed by atoms with van der Waals surface area (Å²) in [7, 11) is -6.95. The van der Waals surface area contributed by atoms with Gasteiger partial charge in [0.25, 0.3) is 20.2 Å². The molecule has 3 heterocycles. The second-order valence-corrected chi connectivity index (χ2v) is 18.0. The number of rotatable bonds is 13. The SMILES string of the molecule is Cc1nnc(-c2ccc(CNC(=O)CCCCC[N+]3=C(C=CC=C4N(C)c5cc(S(=O)(=O)O)ccc5C4(C)C)C(C)(C)c4cc(S(=O)(=O)O)ccc43)cc2)nn1. The van der Waals surface area contributed by atoms with E-state index in [2.05, 4.69) is 30.3 Å². The Morgan fingerprint density at radius 3 is 2.12 bits per heavy atom. The Kier molecular flexibility index (Phi) is 11.1. The van der Waals surface area contributed by atoms with Gasteiger partial charge in [-0.25, -0.2) is 0 Å². The van der Waals surface area contributed by atoms with Gasteiger partial charge in [0.1, 0.15) is 6.54 Å². The molecule has 294 valence electrons. The largest absolute Gasteiger partial charge is 0.352 e. The van der Waals surface area contributed by atoms with E-state index >= 15 is 0 Å². The Balaban J connectivity index is 1.14. The molecule has 1 amide bonds. The molecule has 2 aliphatic heterocycles. The summed E-state index contributed by atoms with van der Waals surface area (Å²) in [6.45, 7) is 10.8. The number of aryl methyl sites for hydroxylation is 1. The monoisotopic (exact) mass is 800 g/mol. The molecular weight excluding hydrogens is 755 g/mol. The van der Waals surface area contributed by atoms with Crippen molar-refractivity contribution in [2.24, 2.45) is 0 Å². The van der Waals surface area contributed by atoms with E-state index in [-0.39, 0.29) is 15.7 Å². The molecule has 16 heteroatoms. The van der Waals surface area contributed by atoms with Crippen molar-refractivity contribution in [2.45, 2.75) is 87.5 Å². The van der Waals surface area contributed by atoms with Gasteiger partial charge in [0.05, 0.1) is 15.2 Å². The molecule has 0 saturated carbocycles. The smallest absolute Gasteiger partial charge is 0.294 e. The molecule has 56 heavy (non-hydrogen) atoms. The second-order valence-electron chi connectivity index (χ2n) is 15.1. The molecule has 1 aromatic heterocycles.